The van der Waals surface area contributed by atoms with E-state index in [1.807, 2.05) is 20.8 Å². The Bertz CT molecular complexity index is 444. The molecule has 2 aliphatic heterocycles. The first-order valence-electron chi connectivity index (χ1n) is 5.70. The van der Waals surface area contributed by atoms with E-state index in [9.17, 15) is 9.59 Å². The van der Waals surface area contributed by atoms with Gasteiger partial charge in [-0.15, -0.1) is 23.4 Å². The fourth-order valence-electron chi connectivity index (χ4n) is 1.98. The molecule has 1 fully saturated rings. The van der Waals surface area contributed by atoms with Crippen molar-refractivity contribution in [3.05, 3.63) is 11.3 Å². The summed E-state index contributed by atoms with van der Waals surface area (Å²) in [5, 5.41) is 0.0403. The second-order valence-corrected chi connectivity index (χ2v) is 7.61. The molecule has 100 valence electrons. The number of carbonyl (C=O) groups is 2. The van der Waals surface area contributed by atoms with Gasteiger partial charge in [0.15, 0.2) is 5.78 Å². The maximum Gasteiger partial charge on any atom is 0.249 e. The largest absolute Gasteiger partial charge is 0.293 e. The number of hydrogen-bond acceptors (Lipinski definition) is 3. The molecule has 0 radical (unpaired) electrons. The minimum atomic E-state index is -0.493. The molecule has 6 heteroatoms. The van der Waals surface area contributed by atoms with Crippen molar-refractivity contribution >= 4 is 51.0 Å². The number of fused-ring (bicyclic) bond motifs is 1. The van der Waals surface area contributed by atoms with Gasteiger partial charge in [0.05, 0.1) is 5.70 Å². The van der Waals surface area contributed by atoms with Crippen LogP contribution < -0.4 is 0 Å². The van der Waals surface area contributed by atoms with Crippen molar-refractivity contribution < 1.29 is 9.59 Å². The van der Waals surface area contributed by atoms with Crippen molar-refractivity contribution in [2.45, 2.75) is 31.5 Å². The fourth-order valence-corrected chi connectivity index (χ4v) is 4.39. The quantitative estimate of drug-likeness (QED) is 0.566. The highest BCUT2D eigenvalue weighted by atomic mass is 79.9. The molecule has 18 heavy (non-hydrogen) atoms. The molecule has 0 saturated carbocycles. The maximum absolute atomic E-state index is 12.5. The van der Waals surface area contributed by atoms with Crippen LogP contribution in [0.3, 0.4) is 0 Å². The number of alkyl halides is 2. The molecule has 0 aromatic heterocycles. The van der Waals surface area contributed by atoms with Gasteiger partial charge in [0.1, 0.15) is 10.8 Å². The molecule has 0 aliphatic carbocycles. The van der Waals surface area contributed by atoms with E-state index >= 15 is 0 Å². The number of hydrogen-bond donors (Lipinski definition) is 0. The molecule has 2 aliphatic rings. The molecule has 3 nitrogen and oxygen atoms in total. The zero-order chi connectivity index (χ0) is 13.7. The number of halogens is 2. The van der Waals surface area contributed by atoms with Crippen molar-refractivity contribution in [1.82, 2.24) is 4.90 Å². The topological polar surface area (TPSA) is 37.4 Å². The number of rotatable bonds is 2. The van der Waals surface area contributed by atoms with Gasteiger partial charge in [-0.2, -0.15) is 0 Å². The van der Waals surface area contributed by atoms with Gasteiger partial charge in [-0.1, -0.05) is 36.7 Å². The maximum atomic E-state index is 12.5. The molecule has 2 atom stereocenters. The zero-order valence-corrected chi connectivity index (χ0v) is 13.7. The molecule has 1 saturated heterocycles. The third kappa shape index (κ3) is 2.14. The molecular formula is C12H15BrClNO2S. The SMILES string of the molecule is CC(C)(C)C(=O)C1=C(CBr)CS[C@H]2[C@@H](Cl)C(=O)N12. The summed E-state index contributed by atoms with van der Waals surface area (Å²) in [4.78, 5) is 26.0. The van der Waals surface area contributed by atoms with Crippen molar-refractivity contribution in [2.24, 2.45) is 5.41 Å². The van der Waals surface area contributed by atoms with Crippen LogP contribution in [0.5, 0.6) is 0 Å². The first kappa shape index (κ1) is 14.4. The number of allylic oxidation sites excluding steroid dienone is 1. The van der Waals surface area contributed by atoms with Crippen LogP contribution in [-0.2, 0) is 9.59 Å². The molecular weight excluding hydrogens is 338 g/mol. The highest BCUT2D eigenvalue weighted by Gasteiger charge is 2.53. The standard InChI is InChI=1S/C12H15BrClNO2S/c1-12(2,3)9(16)8-6(4-13)5-18-11-7(14)10(17)15(8)11/h7,11H,4-5H2,1-3H3/t7-,11-/m0/s1. The van der Waals surface area contributed by atoms with Crippen LogP contribution in [0, 0.1) is 5.41 Å². The molecule has 0 spiro atoms. The second kappa shape index (κ2) is 4.84. The van der Waals surface area contributed by atoms with E-state index in [2.05, 4.69) is 15.9 Å². The summed E-state index contributed by atoms with van der Waals surface area (Å²) in [7, 11) is 0. The zero-order valence-electron chi connectivity index (χ0n) is 10.5. The summed E-state index contributed by atoms with van der Waals surface area (Å²) >= 11 is 11.0. The van der Waals surface area contributed by atoms with Crippen LogP contribution in [0.15, 0.2) is 11.3 Å². The highest BCUT2D eigenvalue weighted by molar-refractivity contribution is 9.09. The predicted octanol–water partition coefficient (Wildman–Crippen LogP) is 2.77. The van der Waals surface area contributed by atoms with E-state index in [1.165, 1.54) is 0 Å². The number of thioether (sulfide) groups is 1. The summed E-state index contributed by atoms with van der Waals surface area (Å²) in [5.41, 5.74) is 1.05. The predicted molar refractivity (Wildman–Crippen MR) is 78.0 cm³/mol. The monoisotopic (exact) mass is 351 g/mol. The van der Waals surface area contributed by atoms with Crippen LogP contribution in [-0.4, -0.2) is 38.4 Å². The van der Waals surface area contributed by atoms with E-state index < -0.39 is 10.8 Å². The van der Waals surface area contributed by atoms with Gasteiger partial charge >= 0.3 is 0 Å². The molecule has 0 aromatic rings. The van der Waals surface area contributed by atoms with E-state index in [0.717, 1.165) is 11.3 Å². The van der Waals surface area contributed by atoms with Crippen LogP contribution in [0.25, 0.3) is 0 Å². The van der Waals surface area contributed by atoms with Crippen LogP contribution >= 0.6 is 39.3 Å². The molecule has 0 unspecified atom stereocenters. The van der Waals surface area contributed by atoms with Gasteiger partial charge < -0.3 is 0 Å². The number of nitrogens with zero attached hydrogens (tertiary/aromatic N) is 1. The minimum Gasteiger partial charge on any atom is -0.293 e. The van der Waals surface area contributed by atoms with E-state index in [-0.39, 0.29) is 17.1 Å². The summed E-state index contributed by atoms with van der Waals surface area (Å²) in [5.74, 6) is 0.610. The Hall–Kier alpha value is -0.000000000000000222. The Balaban J connectivity index is 2.42. The molecule has 0 aromatic carbocycles. The molecule has 2 rings (SSSR count). The normalized spacial score (nSPS) is 28.1. The van der Waals surface area contributed by atoms with E-state index in [0.29, 0.717) is 11.0 Å². The minimum absolute atomic E-state index is 0.0131. The summed E-state index contributed by atoms with van der Waals surface area (Å²) in [6.45, 7) is 5.61. The molecule has 0 bridgehead atoms. The lowest BCUT2D eigenvalue weighted by molar-refractivity contribution is -0.141. The van der Waals surface area contributed by atoms with Gasteiger partial charge in [0.25, 0.3) is 0 Å². The van der Waals surface area contributed by atoms with Crippen LogP contribution in [0.2, 0.25) is 0 Å². The molecule has 1 amide bonds. The average molecular weight is 353 g/mol. The molecule has 2 heterocycles. The first-order chi connectivity index (χ1) is 8.29. The first-order valence-corrected chi connectivity index (χ1v) is 8.31. The number of Topliss-reactive ketones (excluding diaryl/α,β-unsaturated/α-hetero) is 1. The number of carbonyl (C=O) groups excluding carboxylic acids is 2. The smallest absolute Gasteiger partial charge is 0.249 e. The van der Waals surface area contributed by atoms with Gasteiger partial charge in [-0.05, 0) is 5.57 Å². The summed E-state index contributed by atoms with van der Waals surface area (Å²) in [6.07, 6.45) is 0. The Morgan fingerprint density at radius 1 is 1.56 bits per heavy atom. The van der Waals surface area contributed by atoms with Gasteiger partial charge in [-0.25, -0.2) is 0 Å². The van der Waals surface area contributed by atoms with Crippen molar-refractivity contribution in [1.29, 1.82) is 0 Å². The van der Waals surface area contributed by atoms with Gasteiger partial charge in [0, 0.05) is 16.5 Å². The Labute approximate surface area is 124 Å². The Morgan fingerprint density at radius 2 is 2.17 bits per heavy atom. The average Bonchev–Trinajstić information content (AvgIpc) is 2.33. The summed E-state index contributed by atoms with van der Waals surface area (Å²) < 4.78 is 0. The van der Waals surface area contributed by atoms with Gasteiger partial charge in [-0.3, -0.25) is 14.5 Å². The lowest BCUT2D eigenvalue weighted by atomic mass is 9.86. The Kier molecular flexibility index (Phi) is 3.87. The van der Waals surface area contributed by atoms with E-state index in [1.54, 1.807) is 16.7 Å². The number of ketones is 1. The second-order valence-electron chi connectivity index (χ2n) is 5.48. The Morgan fingerprint density at radius 3 is 2.67 bits per heavy atom. The highest BCUT2D eigenvalue weighted by Crippen LogP contribution is 2.44. The van der Waals surface area contributed by atoms with Crippen molar-refractivity contribution in [2.75, 3.05) is 11.1 Å². The van der Waals surface area contributed by atoms with Crippen LogP contribution in [0.1, 0.15) is 20.8 Å². The third-order valence-corrected chi connectivity index (χ3v) is 5.63. The van der Waals surface area contributed by atoms with Crippen LogP contribution in [0.4, 0.5) is 0 Å². The third-order valence-electron chi connectivity index (χ3n) is 3.04. The van der Waals surface area contributed by atoms with Crippen molar-refractivity contribution in [3.63, 3.8) is 0 Å². The van der Waals surface area contributed by atoms with Crippen molar-refractivity contribution in [3.8, 4) is 0 Å². The molecule has 0 N–H and O–H groups in total. The van der Waals surface area contributed by atoms with Gasteiger partial charge in [0.2, 0.25) is 5.91 Å². The summed E-state index contributed by atoms with van der Waals surface area (Å²) in [6, 6.07) is 0. The lowest BCUT2D eigenvalue weighted by Crippen LogP contribution is -2.63. The lowest BCUT2D eigenvalue weighted by Gasteiger charge is -2.48. The fraction of sp³-hybridized carbons (Fsp3) is 0.667. The number of β-lactam (4-membered cyclic amide) rings is 1. The number of amides is 1. The van der Waals surface area contributed by atoms with E-state index in [4.69, 9.17) is 11.6 Å².